The van der Waals surface area contributed by atoms with Crippen molar-refractivity contribution < 1.29 is 23.5 Å². The lowest BCUT2D eigenvalue weighted by molar-refractivity contribution is -0.148. The first-order valence-electron chi connectivity index (χ1n) is 9.02. The summed E-state index contributed by atoms with van der Waals surface area (Å²) in [6.07, 6.45) is 3.57. The normalized spacial score (nSPS) is 17.3. The van der Waals surface area contributed by atoms with E-state index in [1.165, 1.54) is 7.11 Å². The largest absolute Gasteiger partial charge is 0.467 e. The van der Waals surface area contributed by atoms with Gasteiger partial charge in [0.2, 0.25) is 11.8 Å². The van der Waals surface area contributed by atoms with Crippen LogP contribution < -0.4 is 0 Å². The molecule has 2 rings (SSSR count). The van der Waals surface area contributed by atoms with E-state index in [1.54, 1.807) is 22.1 Å². The molecule has 1 saturated heterocycles. The molecule has 0 unspecified atom stereocenters. The Kier molecular flexibility index (Phi) is 7.23. The van der Waals surface area contributed by atoms with Gasteiger partial charge in [-0.05, 0) is 45.7 Å². The van der Waals surface area contributed by atoms with Crippen LogP contribution in [-0.4, -0.2) is 66.7 Å². The standard InChI is InChI=1S/C19H30N2O5/c1-19(2,3)21(18(23)14-24-4)13-17(22)20(11-15-7-5-9-25-15)12-16-8-6-10-26-16/h5,7,9,16H,6,8,10-14H2,1-4H3/t16-/m1/s1. The van der Waals surface area contributed by atoms with Gasteiger partial charge in [0.25, 0.3) is 0 Å². The number of furan rings is 1. The van der Waals surface area contributed by atoms with Crippen LogP contribution in [0.15, 0.2) is 22.8 Å². The molecule has 2 heterocycles. The van der Waals surface area contributed by atoms with E-state index in [2.05, 4.69) is 0 Å². The van der Waals surface area contributed by atoms with Crippen LogP contribution in [0.2, 0.25) is 0 Å². The van der Waals surface area contributed by atoms with E-state index < -0.39 is 5.54 Å². The lowest BCUT2D eigenvalue weighted by Gasteiger charge is -2.36. The van der Waals surface area contributed by atoms with Crippen LogP contribution in [0.1, 0.15) is 39.4 Å². The maximum Gasteiger partial charge on any atom is 0.249 e. The predicted molar refractivity (Wildman–Crippen MR) is 96.4 cm³/mol. The van der Waals surface area contributed by atoms with Crippen molar-refractivity contribution in [3.63, 3.8) is 0 Å². The Morgan fingerprint density at radius 2 is 2.08 bits per heavy atom. The number of amides is 2. The van der Waals surface area contributed by atoms with Gasteiger partial charge in [0.05, 0.1) is 18.9 Å². The van der Waals surface area contributed by atoms with Crippen molar-refractivity contribution in [3.8, 4) is 0 Å². The molecule has 0 N–H and O–H groups in total. The zero-order chi connectivity index (χ0) is 19.2. The summed E-state index contributed by atoms with van der Waals surface area (Å²) in [6.45, 7) is 7.26. The predicted octanol–water partition coefficient (Wildman–Crippen LogP) is 2.06. The molecule has 0 radical (unpaired) electrons. The highest BCUT2D eigenvalue weighted by molar-refractivity contribution is 5.86. The fourth-order valence-corrected chi connectivity index (χ4v) is 3.02. The third-order valence-corrected chi connectivity index (χ3v) is 4.40. The first-order chi connectivity index (χ1) is 12.3. The molecule has 146 valence electrons. The summed E-state index contributed by atoms with van der Waals surface area (Å²) in [5.41, 5.74) is -0.481. The SMILES string of the molecule is COCC(=O)N(CC(=O)N(Cc1ccco1)C[C@H]1CCCO1)C(C)(C)C. The van der Waals surface area contributed by atoms with Gasteiger partial charge < -0.3 is 23.7 Å². The number of rotatable bonds is 8. The Labute approximate surface area is 155 Å². The van der Waals surface area contributed by atoms with Crippen LogP contribution in [0.4, 0.5) is 0 Å². The van der Waals surface area contributed by atoms with Crippen molar-refractivity contribution in [3.05, 3.63) is 24.2 Å². The van der Waals surface area contributed by atoms with E-state index in [0.717, 1.165) is 19.4 Å². The molecule has 7 heteroatoms. The molecule has 26 heavy (non-hydrogen) atoms. The average molecular weight is 366 g/mol. The molecule has 1 aliphatic heterocycles. The topological polar surface area (TPSA) is 72.2 Å². The lowest BCUT2D eigenvalue weighted by atomic mass is 10.1. The summed E-state index contributed by atoms with van der Waals surface area (Å²) >= 11 is 0. The van der Waals surface area contributed by atoms with Gasteiger partial charge in [-0.2, -0.15) is 0 Å². The van der Waals surface area contributed by atoms with E-state index in [1.807, 2.05) is 26.8 Å². The van der Waals surface area contributed by atoms with Crippen LogP contribution in [0, 0.1) is 0 Å². The average Bonchev–Trinajstić information content (AvgIpc) is 3.24. The quantitative estimate of drug-likeness (QED) is 0.704. The van der Waals surface area contributed by atoms with Crippen LogP contribution in [-0.2, 0) is 25.6 Å². The van der Waals surface area contributed by atoms with Gasteiger partial charge in [0, 0.05) is 25.8 Å². The summed E-state index contributed by atoms with van der Waals surface area (Å²) < 4.78 is 16.1. The fraction of sp³-hybridized carbons (Fsp3) is 0.684. The first kappa shape index (κ1) is 20.5. The fourth-order valence-electron chi connectivity index (χ4n) is 3.02. The van der Waals surface area contributed by atoms with Crippen molar-refractivity contribution in [1.29, 1.82) is 0 Å². The van der Waals surface area contributed by atoms with Crippen LogP contribution in [0.5, 0.6) is 0 Å². The van der Waals surface area contributed by atoms with Crippen molar-refractivity contribution in [2.45, 2.75) is 51.8 Å². The van der Waals surface area contributed by atoms with Crippen molar-refractivity contribution in [2.24, 2.45) is 0 Å². The van der Waals surface area contributed by atoms with E-state index in [-0.39, 0.29) is 31.1 Å². The molecule has 2 amide bonds. The number of methoxy groups -OCH3 is 1. The third-order valence-electron chi connectivity index (χ3n) is 4.40. The molecule has 1 aromatic rings. The molecule has 0 spiro atoms. The molecule has 1 aliphatic rings. The van der Waals surface area contributed by atoms with Crippen molar-refractivity contribution >= 4 is 11.8 Å². The van der Waals surface area contributed by atoms with E-state index >= 15 is 0 Å². The number of carbonyl (C=O) groups excluding carboxylic acids is 2. The Bertz CT molecular complexity index is 573. The molecular formula is C19H30N2O5. The molecule has 0 saturated carbocycles. The second-order valence-electron chi connectivity index (χ2n) is 7.57. The highest BCUT2D eigenvalue weighted by Gasteiger charge is 2.31. The first-order valence-corrected chi connectivity index (χ1v) is 9.02. The smallest absolute Gasteiger partial charge is 0.249 e. The molecule has 1 fully saturated rings. The van der Waals surface area contributed by atoms with Gasteiger partial charge in [-0.25, -0.2) is 0 Å². The van der Waals surface area contributed by atoms with Crippen LogP contribution in [0.3, 0.4) is 0 Å². The van der Waals surface area contributed by atoms with Gasteiger partial charge in [0.1, 0.15) is 18.9 Å². The second-order valence-corrected chi connectivity index (χ2v) is 7.57. The maximum absolute atomic E-state index is 13.0. The highest BCUT2D eigenvalue weighted by atomic mass is 16.5. The number of carbonyl (C=O) groups is 2. The van der Waals surface area contributed by atoms with Crippen LogP contribution >= 0.6 is 0 Å². The molecule has 1 aromatic heterocycles. The van der Waals surface area contributed by atoms with Crippen LogP contribution in [0.25, 0.3) is 0 Å². The lowest BCUT2D eigenvalue weighted by Crippen LogP contribution is -2.52. The van der Waals surface area contributed by atoms with Gasteiger partial charge in [-0.15, -0.1) is 0 Å². The summed E-state index contributed by atoms with van der Waals surface area (Å²) in [5, 5.41) is 0. The van der Waals surface area contributed by atoms with Gasteiger partial charge in [-0.3, -0.25) is 9.59 Å². The number of hydrogen-bond acceptors (Lipinski definition) is 5. The van der Waals surface area contributed by atoms with E-state index in [9.17, 15) is 9.59 Å². The minimum Gasteiger partial charge on any atom is -0.467 e. The Balaban J connectivity index is 2.10. The molecule has 0 aromatic carbocycles. The van der Waals surface area contributed by atoms with E-state index in [0.29, 0.717) is 18.8 Å². The number of nitrogens with zero attached hydrogens (tertiary/aromatic N) is 2. The Hall–Kier alpha value is -1.86. The van der Waals surface area contributed by atoms with Crippen molar-refractivity contribution in [1.82, 2.24) is 9.80 Å². The minimum absolute atomic E-state index is 0.000871. The van der Waals surface area contributed by atoms with Crippen molar-refractivity contribution in [2.75, 3.05) is 33.4 Å². The highest BCUT2D eigenvalue weighted by Crippen LogP contribution is 2.18. The molecular weight excluding hydrogens is 336 g/mol. The van der Waals surface area contributed by atoms with Gasteiger partial charge >= 0.3 is 0 Å². The summed E-state index contributed by atoms with van der Waals surface area (Å²) in [6, 6.07) is 3.64. The number of ether oxygens (including phenoxy) is 2. The second kappa shape index (κ2) is 9.19. The summed E-state index contributed by atoms with van der Waals surface area (Å²) in [7, 11) is 1.47. The summed E-state index contributed by atoms with van der Waals surface area (Å²) in [5.74, 6) is 0.376. The molecule has 1 atom stereocenters. The Morgan fingerprint density at radius 1 is 1.31 bits per heavy atom. The molecule has 0 bridgehead atoms. The Morgan fingerprint density at radius 3 is 2.62 bits per heavy atom. The molecule has 0 aliphatic carbocycles. The van der Waals surface area contributed by atoms with Gasteiger partial charge in [-0.1, -0.05) is 0 Å². The van der Waals surface area contributed by atoms with Gasteiger partial charge in [0.15, 0.2) is 0 Å². The zero-order valence-electron chi connectivity index (χ0n) is 16.2. The minimum atomic E-state index is -0.481. The molecule has 7 nitrogen and oxygen atoms in total. The van der Waals surface area contributed by atoms with E-state index in [4.69, 9.17) is 13.9 Å². The maximum atomic E-state index is 13.0. The monoisotopic (exact) mass is 366 g/mol. The summed E-state index contributed by atoms with van der Waals surface area (Å²) in [4.78, 5) is 28.7. The number of hydrogen-bond donors (Lipinski definition) is 0. The zero-order valence-corrected chi connectivity index (χ0v) is 16.2. The third kappa shape index (κ3) is 5.85.